The van der Waals surface area contributed by atoms with E-state index in [9.17, 15) is 14.4 Å². The first kappa shape index (κ1) is 29.6. The zero-order chi connectivity index (χ0) is 25.0. The van der Waals surface area contributed by atoms with E-state index in [4.69, 9.17) is 4.74 Å². The van der Waals surface area contributed by atoms with E-state index in [1.165, 1.54) is 18.6 Å². The van der Waals surface area contributed by atoms with Gasteiger partial charge in [0.2, 0.25) is 11.8 Å². The van der Waals surface area contributed by atoms with Crippen molar-refractivity contribution in [2.45, 2.75) is 101 Å². The molecule has 0 aliphatic carbocycles. The van der Waals surface area contributed by atoms with Gasteiger partial charge in [-0.15, -0.1) is 0 Å². The van der Waals surface area contributed by atoms with Gasteiger partial charge in [0.25, 0.3) is 5.91 Å². The molecule has 0 spiro atoms. The summed E-state index contributed by atoms with van der Waals surface area (Å²) in [5.41, 5.74) is -0.715. The Morgan fingerprint density at radius 3 is 2.41 bits per heavy atom. The Kier molecular flexibility index (Phi) is 13.5. The molecule has 196 valence electrons. The highest BCUT2D eigenvalue weighted by Crippen LogP contribution is 2.39. The van der Waals surface area contributed by atoms with Crippen LogP contribution in [-0.4, -0.2) is 65.3 Å². The van der Waals surface area contributed by atoms with Crippen LogP contribution in [0, 0.1) is 5.92 Å². The molecule has 3 N–H and O–H groups in total. The van der Waals surface area contributed by atoms with Gasteiger partial charge >= 0.3 is 0 Å². The molecule has 2 heterocycles. The summed E-state index contributed by atoms with van der Waals surface area (Å²) in [6, 6.07) is 0. The maximum absolute atomic E-state index is 12.8. The minimum absolute atomic E-state index is 0.115. The van der Waals surface area contributed by atoms with Crippen molar-refractivity contribution in [3.8, 4) is 0 Å². The largest absolute Gasteiger partial charge is 0.363 e. The second kappa shape index (κ2) is 15.5. The lowest BCUT2D eigenvalue weighted by molar-refractivity contribution is -0.126. The number of amides is 3. The fraction of sp³-hybridized carbons (Fsp3) is 0.875. The number of hydrogen-bond acceptors (Lipinski definition) is 7. The monoisotopic (exact) mass is 533 g/mol. The Labute approximate surface area is 218 Å². The second-order valence-electron chi connectivity index (χ2n) is 9.74. The quantitative estimate of drug-likeness (QED) is 0.0984. The van der Waals surface area contributed by atoms with Crippen molar-refractivity contribution < 1.29 is 19.1 Å². The molecule has 0 aromatic heterocycles. The molecular formula is C24H43N3O4S3. The summed E-state index contributed by atoms with van der Waals surface area (Å²) in [5.74, 6) is 1.33. The van der Waals surface area contributed by atoms with Crippen molar-refractivity contribution in [2.24, 2.45) is 5.92 Å². The van der Waals surface area contributed by atoms with E-state index >= 15 is 0 Å². The molecule has 2 aliphatic rings. The highest BCUT2D eigenvalue weighted by atomic mass is 33.1. The number of epoxide rings is 1. The van der Waals surface area contributed by atoms with E-state index in [-0.39, 0.29) is 17.7 Å². The maximum atomic E-state index is 12.8. The van der Waals surface area contributed by atoms with Gasteiger partial charge in [-0.05, 0) is 50.9 Å². The number of ether oxygens (including phenoxy) is 1. The molecule has 7 nitrogen and oxygen atoms in total. The Morgan fingerprint density at radius 1 is 1.12 bits per heavy atom. The number of nitrogens with one attached hydrogen (secondary N) is 3. The molecule has 2 aliphatic heterocycles. The molecule has 0 aromatic rings. The number of unbranched alkanes of at least 4 members (excludes halogenated alkanes) is 2. The van der Waals surface area contributed by atoms with Crippen LogP contribution in [0.15, 0.2) is 0 Å². The fourth-order valence-corrected chi connectivity index (χ4v) is 7.73. The van der Waals surface area contributed by atoms with Crippen LogP contribution in [0.4, 0.5) is 0 Å². The molecular weight excluding hydrogens is 490 g/mol. The molecule has 2 saturated heterocycles. The second-order valence-corrected chi connectivity index (χ2v) is 13.0. The SMILES string of the molecule is CCC(CC(C)C)(NC(=O)C1CO1)C(S)C(=O)NCCCCNC(=O)CCCCC1CCSS1. The Bertz CT molecular complexity index is 657. The predicted molar refractivity (Wildman–Crippen MR) is 145 cm³/mol. The molecule has 0 bridgehead atoms. The summed E-state index contributed by atoms with van der Waals surface area (Å²) in [6.45, 7) is 7.70. The molecule has 2 fully saturated rings. The first-order chi connectivity index (χ1) is 16.3. The summed E-state index contributed by atoms with van der Waals surface area (Å²) in [5, 5.41) is 9.12. The third-order valence-electron chi connectivity index (χ3n) is 6.31. The van der Waals surface area contributed by atoms with E-state index in [1.807, 2.05) is 28.5 Å². The van der Waals surface area contributed by atoms with Gasteiger partial charge in [0.15, 0.2) is 6.10 Å². The van der Waals surface area contributed by atoms with Gasteiger partial charge in [0.1, 0.15) is 5.25 Å². The lowest BCUT2D eigenvalue weighted by atomic mass is 9.82. The van der Waals surface area contributed by atoms with Crippen LogP contribution in [0.1, 0.15) is 78.6 Å². The van der Waals surface area contributed by atoms with Crippen molar-refractivity contribution in [1.82, 2.24) is 16.0 Å². The Balaban J connectivity index is 1.61. The standard InChI is InChI=1S/C24H43N3O4S3/c1-4-24(15-17(2)3,27-22(29)19-16-31-19)21(32)23(30)26-13-8-7-12-25-20(28)10-6-5-9-18-11-14-33-34-18/h17-19,21,32H,4-16H2,1-3H3,(H,25,28)(H,26,30)(H,27,29). The lowest BCUT2D eigenvalue weighted by Crippen LogP contribution is -2.60. The van der Waals surface area contributed by atoms with E-state index in [0.717, 1.165) is 30.9 Å². The van der Waals surface area contributed by atoms with Crippen LogP contribution in [0.2, 0.25) is 0 Å². The smallest absolute Gasteiger partial charge is 0.252 e. The van der Waals surface area contributed by atoms with E-state index in [1.54, 1.807) is 0 Å². The van der Waals surface area contributed by atoms with Gasteiger partial charge in [-0.25, -0.2) is 0 Å². The first-order valence-electron chi connectivity index (χ1n) is 12.7. The number of carbonyl (C=O) groups is 3. The zero-order valence-electron chi connectivity index (χ0n) is 20.9. The molecule has 34 heavy (non-hydrogen) atoms. The molecule has 0 saturated carbocycles. The minimum Gasteiger partial charge on any atom is -0.363 e. The molecule has 4 unspecified atom stereocenters. The van der Waals surface area contributed by atoms with E-state index in [2.05, 4.69) is 42.4 Å². The summed E-state index contributed by atoms with van der Waals surface area (Å²) in [6.07, 6.45) is 7.62. The van der Waals surface area contributed by atoms with Gasteiger partial charge in [-0.2, -0.15) is 12.6 Å². The van der Waals surface area contributed by atoms with Gasteiger partial charge in [0, 0.05) is 30.5 Å². The topological polar surface area (TPSA) is 99.8 Å². The van der Waals surface area contributed by atoms with Crippen LogP contribution in [0.25, 0.3) is 0 Å². The predicted octanol–water partition coefficient (Wildman–Crippen LogP) is 3.72. The molecule has 10 heteroatoms. The van der Waals surface area contributed by atoms with Crippen molar-refractivity contribution >= 4 is 51.9 Å². The first-order valence-corrected chi connectivity index (χ1v) is 15.6. The van der Waals surface area contributed by atoms with Crippen LogP contribution in [0.3, 0.4) is 0 Å². The normalized spacial score (nSPS) is 22.1. The Morgan fingerprint density at radius 2 is 1.82 bits per heavy atom. The number of carbonyl (C=O) groups excluding carboxylic acids is 3. The molecule has 0 aromatic carbocycles. The molecule has 3 amide bonds. The summed E-state index contributed by atoms with van der Waals surface area (Å²) >= 11 is 4.64. The van der Waals surface area contributed by atoms with Crippen LogP contribution in [-0.2, 0) is 19.1 Å². The minimum atomic E-state index is -0.715. The molecule has 4 atom stereocenters. The average Bonchev–Trinajstić information content (AvgIpc) is 3.53. The van der Waals surface area contributed by atoms with E-state index in [0.29, 0.717) is 44.9 Å². The maximum Gasteiger partial charge on any atom is 0.252 e. The summed E-state index contributed by atoms with van der Waals surface area (Å²) in [7, 11) is 3.96. The van der Waals surface area contributed by atoms with Crippen LogP contribution >= 0.6 is 34.2 Å². The highest BCUT2D eigenvalue weighted by Gasteiger charge is 2.44. The van der Waals surface area contributed by atoms with Gasteiger partial charge < -0.3 is 20.7 Å². The third-order valence-corrected chi connectivity index (χ3v) is 10.0. The van der Waals surface area contributed by atoms with Gasteiger partial charge in [0.05, 0.1) is 12.1 Å². The summed E-state index contributed by atoms with van der Waals surface area (Å²) in [4.78, 5) is 37.2. The van der Waals surface area contributed by atoms with Crippen LogP contribution in [0.5, 0.6) is 0 Å². The zero-order valence-corrected chi connectivity index (χ0v) is 23.4. The lowest BCUT2D eigenvalue weighted by Gasteiger charge is -2.39. The third kappa shape index (κ3) is 10.6. The van der Waals surface area contributed by atoms with Crippen molar-refractivity contribution in [3.63, 3.8) is 0 Å². The van der Waals surface area contributed by atoms with Crippen molar-refractivity contribution in [1.29, 1.82) is 0 Å². The number of thiol groups is 1. The number of rotatable bonds is 17. The molecule has 0 radical (unpaired) electrons. The fourth-order valence-electron chi connectivity index (χ4n) is 4.26. The Hall–Kier alpha value is -0.580. The van der Waals surface area contributed by atoms with Gasteiger partial charge in [-0.1, -0.05) is 48.8 Å². The average molecular weight is 534 g/mol. The highest BCUT2D eigenvalue weighted by molar-refractivity contribution is 8.77. The van der Waals surface area contributed by atoms with E-state index < -0.39 is 16.9 Å². The summed E-state index contributed by atoms with van der Waals surface area (Å²) < 4.78 is 5.10. The van der Waals surface area contributed by atoms with Crippen molar-refractivity contribution in [2.75, 3.05) is 25.4 Å². The van der Waals surface area contributed by atoms with Crippen LogP contribution < -0.4 is 16.0 Å². The van der Waals surface area contributed by atoms with Crippen molar-refractivity contribution in [3.05, 3.63) is 0 Å². The molecule has 2 rings (SSSR count). The number of hydrogen-bond donors (Lipinski definition) is 4. The van der Waals surface area contributed by atoms with Gasteiger partial charge in [-0.3, -0.25) is 14.4 Å².